The van der Waals surface area contributed by atoms with Crippen molar-refractivity contribution >= 4 is 11.9 Å². The van der Waals surface area contributed by atoms with Gasteiger partial charge in [-0.1, -0.05) is 202 Å². The number of carbonyl (C=O) groups is 2. The second kappa shape index (κ2) is 23.4. The van der Waals surface area contributed by atoms with Gasteiger partial charge in [0.2, 0.25) is 0 Å². The summed E-state index contributed by atoms with van der Waals surface area (Å²) < 4.78 is 12.6. The van der Waals surface area contributed by atoms with Crippen LogP contribution in [0.2, 0.25) is 0 Å². The number of aryl methyl sites for hydroxylation is 2. The number of unbranched alkanes of at least 4 members (excludes halogenated alkanes) is 2. The van der Waals surface area contributed by atoms with Crippen molar-refractivity contribution in [2.75, 3.05) is 0 Å². The highest BCUT2D eigenvalue weighted by Crippen LogP contribution is 2.38. The first-order chi connectivity index (χ1) is 28.5. The third-order valence-corrected chi connectivity index (χ3v) is 13.4. The number of hydrogen-bond acceptors (Lipinski definition) is 4. The summed E-state index contributed by atoms with van der Waals surface area (Å²) in [5.74, 6) is 2.85. The highest BCUT2D eigenvalue weighted by atomic mass is 16.6. The smallest absolute Gasteiger partial charge is 0.338 e. The number of hydrogen-bond donors (Lipinski definition) is 0. The van der Waals surface area contributed by atoms with Crippen molar-refractivity contribution in [2.45, 2.75) is 154 Å². The second-order valence-corrected chi connectivity index (χ2v) is 17.7. The summed E-state index contributed by atoms with van der Waals surface area (Å²) in [5, 5.41) is 0. The maximum atomic E-state index is 13.8. The average Bonchev–Trinajstić information content (AvgIpc) is 3.27. The predicted molar refractivity (Wildman–Crippen MR) is 238 cm³/mol. The Bertz CT molecular complexity index is 1620. The van der Waals surface area contributed by atoms with Crippen molar-refractivity contribution < 1.29 is 19.1 Å². The molecule has 310 valence electrons. The number of carbonyl (C=O) groups excluding carboxylic acids is 2. The molecule has 0 heterocycles. The highest BCUT2D eigenvalue weighted by Gasteiger charge is 2.33. The van der Waals surface area contributed by atoms with Crippen LogP contribution in [0.3, 0.4) is 0 Å². The number of rotatable bonds is 21. The fourth-order valence-corrected chi connectivity index (χ4v) is 9.83. The van der Waals surface area contributed by atoms with E-state index in [9.17, 15) is 9.59 Å². The minimum atomic E-state index is -0.849. The quantitative estimate of drug-likeness (QED) is 0.0624. The topological polar surface area (TPSA) is 52.6 Å². The Labute approximate surface area is 350 Å². The molecule has 58 heavy (non-hydrogen) atoms. The largest absolute Gasteiger partial charge is 0.450 e. The zero-order valence-corrected chi connectivity index (χ0v) is 35.6. The lowest BCUT2D eigenvalue weighted by Gasteiger charge is -2.28. The molecule has 0 spiro atoms. The lowest BCUT2D eigenvalue weighted by Crippen LogP contribution is -2.23. The molecule has 0 aliphatic heterocycles. The first kappa shape index (κ1) is 43.4. The molecule has 2 aliphatic carbocycles. The molecular weight excluding hydrogens is 713 g/mol. The predicted octanol–water partition coefficient (Wildman–Crippen LogP) is 14.8. The van der Waals surface area contributed by atoms with Gasteiger partial charge >= 0.3 is 11.9 Å². The molecule has 4 nitrogen and oxygen atoms in total. The van der Waals surface area contributed by atoms with Gasteiger partial charge in [0, 0.05) is 0 Å². The first-order valence-electron chi connectivity index (χ1n) is 23.2. The normalized spacial score (nSPS) is 20.5. The number of esters is 2. The first-order valence-corrected chi connectivity index (χ1v) is 23.2. The van der Waals surface area contributed by atoms with E-state index < -0.39 is 24.1 Å². The molecule has 2 atom stereocenters. The van der Waals surface area contributed by atoms with Crippen LogP contribution in [0.15, 0.2) is 109 Å². The van der Waals surface area contributed by atoms with Gasteiger partial charge in [0.1, 0.15) is 0 Å². The van der Waals surface area contributed by atoms with Gasteiger partial charge < -0.3 is 9.47 Å². The van der Waals surface area contributed by atoms with E-state index in [0.717, 1.165) is 47.6 Å². The molecule has 0 bridgehead atoms. The van der Waals surface area contributed by atoms with Crippen molar-refractivity contribution in [3.63, 3.8) is 0 Å². The van der Waals surface area contributed by atoms with Crippen LogP contribution in [-0.4, -0.2) is 11.9 Å². The van der Waals surface area contributed by atoms with Crippen LogP contribution < -0.4 is 0 Å². The number of ether oxygens (including phenoxy) is 2. The Morgan fingerprint density at radius 1 is 0.448 bits per heavy atom. The Balaban J connectivity index is 1.04. The molecule has 0 aromatic heterocycles. The molecule has 4 heteroatoms. The molecular formula is C54H70O4. The van der Waals surface area contributed by atoms with Crippen LogP contribution in [0, 0.1) is 23.7 Å². The Hall–Kier alpha value is -4.18. The minimum absolute atomic E-state index is 0.440. The summed E-state index contributed by atoms with van der Waals surface area (Å²) in [6.45, 7) is 4.62. The van der Waals surface area contributed by atoms with Gasteiger partial charge in [-0.2, -0.15) is 0 Å². The van der Waals surface area contributed by atoms with E-state index in [1.54, 1.807) is 0 Å². The maximum Gasteiger partial charge on any atom is 0.338 e. The molecule has 0 saturated heterocycles. The summed E-state index contributed by atoms with van der Waals surface area (Å²) in [6, 6.07) is 35.0. The van der Waals surface area contributed by atoms with Crippen LogP contribution in [0.4, 0.5) is 0 Å². The van der Waals surface area contributed by atoms with Gasteiger partial charge in [0.25, 0.3) is 0 Å². The van der Waals surface area contributed by atoms with E-state index in [-0.39, 0.29) is 0 Å². The summed E-state index contributed by atoms with van der Waals surface area (Å²) >= 11 is 0. The third kappa shape index (κ3) is 13.4. The molecule has 2 saturated carbocycles. The summed E-state index contributed by atoms with van der Waals surface area (Å²) in [6.07, 6.45) is 24.6. The van der Waals surface area contributed by atoms with Crippen molar-refractivity contribution in [3.8, 4) is 0 Å². The van der Waals surface area contributed by atoms with Crippen LogP contribution in [-0.2, 0) is 22.3 Å². The van der Waals surface area contributed by atoms with E-state index in [2.05, 4.69) is 38.1 Å². The highest BCUT2D eigenvalue weighted by molar-refractivity contribution is 5.90. The lowest BCUT2D eigenvalue weighted by atomic mass is 9.78. The zero-order chi connectivity index (χ0) is 40.4. The monoisotopic (exact) mass is 783 g/mol. The fraction of sp³-hybridized carbons (Fsp3) is 0.519. The molecule has 0 unspecified atom stereocenters. The van der Waals surface area contributed by atoms with Crippen molar-refractivity contribution in [2.24, 2.45) is 23.7 Å². The number of benzene rings is 4. The molecule has 4 aromatic rings. The van der Waals surface area contributed by atoms with Gasteiger partial charge in [-0.25, -0.2) is 9.59 Å². The van der Waals surface area contributed by atoms with Gasteiger partial charge in [-0.05, 0) is 95.9 Å². The Kier molecular flexibility index (Phi) is 17.5. The fourth-order valence-electron chi connectivity index (χ4n) is 9.83. The van der Waals surface area contributed by atoms with Crippen molar-refractivity contribution in [1.82, 2.24) is 0 Å². The van der Waals surface area contributed by atoms with Crippen LogP contribution in [0.1, 0.15) is 185 Å². The summed E-state index contributed by atoms with van der Waals surface area (Å²) in [5.41, 5.74) is 4.98. The zero-order valence-electron chi connectivity index (χ0n) is 35.6. The van der Waals surface area contributed by atoms with E-state index >= 15 is 0 Å². The van der Waals surface area contributed by atoms with Gasteiger partial charge in [-0.15, -0.1) is 0 Å². The molecule has 2 aliphatic rings. The van der Waals surface area contributed by atoms with E-state index in [0.29, 0.717) is 11.1 Å². The van der Waals surface area contributed by atoms with Crippen LogP contribution in [0.25, 0.3) is 0 Å². The third-order valence-electron chi connectivity index (χ3n) is 13.4. The van der Waals surface area contributed by atoms with Gasteiger partial charge in [-0.3, -0.25) is 0 Å². The average molecular weight is 783 g/mol. The van der Waals surface area contributed by atoms with Crippen molar-refractivity contribution in [1.29, 1.82) is 0 Å². The standard InChI is InChI=1S/C54H70O4/c1-3-15-41-25-29-43(30-26-41)17-11-13-19-45-33-37-49(38-34-45)53(55)57-51(47-21-7-5-8-22-47)52(48-23-9-6-10-24-48)58-54(56)50-39-35-46(36-40-50)20-14-12-18-44-31-27-42(16-4-2)28-32-44/h5-10,21-24,33-44,51-52H,3-4,11-20,25-32H2,1-2H3/t41?,42?,43?,44?,51-,52-/m1/s1. The summed E-state index contributed by atoms with van der Waals surface area (Å²) in [7, 11) is 0. The van der Waals surface area contributed by atoms with Crippen molar-refractivity contribution in [3.05, 3.63) is 143 Å². The van der Waals surface area contributed by atoms with E-state index in [1.165, 1.54) is 127 Å². The molecule has 4 aromatic carbocycles. The maximum absolute atomic E-state index is 13.8. The van der Waals surface area contributed by atoms with Crippen LogP contribution in [0.5, 0.6) is 0 Å². The Morgan fingerprint density at radius 3 is 1.10 bits per heavy atom. The van der Waals surface area contributed by atoms with Crippen LogP contribution >= 0.6 is 0 Å². The summed E-state index contributed by atoms with van der Waals surface area (Å²) in [4.78, 5) is 27.7. The van der Waals surface area contributed by atoms with Gasteiger partial charge in [0.15, 0.2) is 12.2 Å². The lowest BCUT2D eigenvalue weighted by molar-refractivity contribution is -0.0388. The van der Waals surface area contributed by atoms with E-state index in [4.69, 9.17) is 9.47 Å². The van der Waals surface area contributed by atoms with E-state index in [1.807, 2.05) is 84.9 Å². The Morgan fingerprint density at radius 2 is 0.776 bits per heavy atom. The van der Waals surface area contributed by atoms with Gasteiger partial charge in [0.05, 0.1) is 11.1 Å². The minimum Gasteiger partial charge on any atom is -0.450 e. The molecule has 6 rings (SSSR count). The SMILES string of the molecule is CCCC1CCC(CCCCc2ccc(C(=O)O[C@H](c3ccccc3)[C@H](OC(=O)c3ccc(CCCCC4CCC(CCC)CC4)cc3)c3ccccc3)cc2)CC1. The second-order valence-electron chi connectivity index (χ2n) is 17.7. The molecule has 2 fully saturated rings. The molecule has 0 radical (unpaired) electrons. The molecule has 0 amide bonds. The molecule has 0 N–H and O–H groups in total.